The van der Waals surface area contributed by atoms with Gasteiger partial charge in [-0.1, -0.05) is 264 Å². The maximum absolute atomic E-state index is 12.7. The second-order valence-corrected chi connectivity index (χ2v) is 20.1. The molecule has 0 aromatic carbocycles. The van der Waals surface area contributed by atoms with Gasteiger partial charge in [0.1, 0.15) is 12.2 Å². The molecule has 0 saturated carbocycles. The van der Waals surface area contributed by atoms with Crippen molar-refractivity contribution in [1.29, 1.82) is 0 Å². The highest BCUT2D eigenvalue weighted by Crippen LogP contribution is 2.43. The van der Waals surface area contributed by atoms with E-state index in [4.69, 9.17) is 23.6 Å². The van der Waals surface area contributed by atoms with Crippen molar-refractivity contribution in [3.63, 3.8) is 0 Å². The maximum Gasteiger partial charge on any atom is 0.472 e. The first kappa shape index (κ1) is 61.5. The van der Waals surface area contributed by atoms with E-state index in [1.165, 1.54) is 231 Å². The van der Waals surface area contributed by atoms with E-state index in [9.17, 15) is 19.4 Å². The lowest BCUT2D eigenvalue weighted by atomic mass is 10.0. The molecule has 9 nitrogen and oxygen atoms in total. The normalized spacial score (nSPS) is 13.7. The first-order chi connectivity index (χ1) is 30.3. The SMILES string of the molecule is CCCCCCCCCCCCCCCCCCCCCCCCC(=O)OC(COCCCCCCCCCCCCCCCCCCCCC)COP(=O)(O)OCC(O)CO. The third kappa shape index (κ3) is 48.9. The molecule has 0 aliphatic heterocycles. The summed E-state index contributed by atoms with van der Waals surface area (Å²) >= 11 is 0. The van der Waals surface area contributed by atoms with Crippen molar-refractivity contribution in [2.24, 2.45) is 0 Å². The number of carbonyl (C=O) groups is 1. The van der Waals surface area contributed by atoms with Gasteiger partial charge in [-0.25, -0.2) is 4.57 Å². The van der Waals surface area contributed by atoms with E-state index in [1.807, 2.05) is 0 Å². The monoisotopic (exact) mass is 905 g/mol. The molecule has 3 atom stereocenters. The van der Waals surface area contributed by atoms with Crippen LogP contribution < -0.4 is 0 Å². The van der Waals surface area contributed by atoms with Gasteiger partial charge in [0, 0.05) is 13.0 Å². The molecule has 0 fully saturated rings. The van der Waals surface area contributed by atoms with Gasteiger partial charge in [-0.3, -0.25) is 13.8 Å². The molecular formula is C52H105O9P. The largest absolute Gasteiger partial charge is 0.472 e. The Kier molecular flexibility index (Phi) is 49.5. The predicted molar refractivity (Wildman–Crippen MR) is 261 cm³/mol. The van der Waals surface area contributed by atoms with Crippen molar-refractivity contribution >= 4 is 13.8 Å². The Balaban J connectivity index is 3.98. The Morgan fingerprint density at radius 1 is 0.435 bits per heavy atom. The smallest absolute Gasteiger partial charge is 0.457 e. The Morgan fingerprint density at radius 2 is 0.726 bits per heavy atom. The van der Waals surface area contributed by atoms with Crippen molar-refractivity contribution < 1.29 is 43.0 Å². The van der Waals surface area contributed by atoms with Crippen molar-refractivity contribution in [2.75, 3.05) is 33.0 Å². The molecule has 0 spiro atoms. The number of carbonyl (C=O) groups excluding carboxylic acids is 1. The van der Waals surface area contributed by atoms with Crippen LogP contribution >= 0.6 is 7.82 Å². The van der Waals surface area contributed by atoms with E-state index in [0.717, 1.165) is 32.1 Å². The fraction of sp³-hybridized carbons (Fsp3) is 0.981. The van der Waals surface area contributed by atoms with Crippen LogP contribution in [0.5, 0.6) is 0 Å². The summed E-state index contributed by atoms with van der Waals surface area (Å²) in [4.78, 5) is 22.7. The van der Waals surface area contributed by atoms with E-state index in [0.29, 0.717) is 6.61 Å². The zero-order valence-corrected chi connectivity index (χ0v) is 42.0. The Morgan fingerprint density at radius 3 is 1.05 bits per heavy atom. The van der Waals surface area contributed by atoms with Gasteiger partial charge >= 0.3 is 13.8 Å². The first-order valence-corrected chi connectivity index (χ1v) is 28.5. The van der Waals surface area contributed by atoms with E-state index >= 15 is 0 Å². The van der Waals surface area contributed by atoms with Gasteiger partial charge in [-0.05, 0) is 12.8 Å². The summed E-state index contributed by atoms with van der Waals surface area (Å²) < 4.78 is 33.6. The molecule has 0 aliphatic carbocycles. The van der Waals surface area contributed by atoms with Gasteiger partial charge in [-0.2, -0.15) is 0 Å². The highest BCUT2D eigenvalue weighted by Gasteiger charge is 2.26. The minimum atomic E-state index is -4.52. The molecular weight excluding hydrogens is 800 g/mol. The average Bonchev–Trinajstić information content (AvgIpc) is 3.26. The number of rotatable bonds is 53. The van der Waals surface area contributed by atoms with E-state index < -0.39 is 33.2 Å². The van der Waals surface area contributed by atoms with Crippen LogP contribution in [0, 0.1) is 0 Å². The highest BCUT2D eigenvalue weighted by atomic mass is 31.2. The number of phosphoric ester groups is 1. The van der Waals surface area contributed by atoms with Crippen LogP contribution in [0.4, 0.5) is 0 Å². The molecule has 0 bridgehead atoms. The Bertz CT molecular complexity index is 938. The molecule has 3 unspecified atom stereocenters. The van der Waals surface area contributed by atoms with Gasteiger partial charge in [0.15, 0.2) is 0 Å². The molecule has 0 saturated heterocycles. The van der Waals surface area contributed by atoms with E-state index in [1.54, 1.807) is 0 Å². The molecule has 62 heavy (non-hydrogen) atoms. The zero-order chi connectivity index (χ0) is 45.3. The fourth-order valence-corrected chi connectivity index (χ4v) is 8.97. The summed E-state index contributed by atoms with van der Waals surface area (Å²) in [7, 11) is -4.52. The molecule has 10 heteroatoms. The summed E-state index contributed by atoms with van der Waals surface area (Å²) in [6.45, 7) is 3.61. The van der Waals surface area contributed by atoms with Gasteiger partial charge in [-0.15, -0.1) is 0 Å². The molecule has 0 aliphatic rings. The number of aliphatic hydroxyl groups is 2. The topological polar surface area (TPSA) is 132 Å². The van der Waals surface area contributed by atoms with Gasteiger partial charge < -0.3 is 24.6 Å². The number of unbranched alkanes of at least 4 members (excludes halogenated alkanes) is 39. The lowest BCUT2D eigenvalue weighted by Crippen LogP contribution is -2.29. The number of esters is 1. The number of aliphatic hydroxyl groups excluding tert-OH is 2. The first-order valence-electron chi connectivity index (χ1n) is 27.0. The van der Waals surface area contributed by atoms with E-state index in [-0.39, 0.29) is 25.6 Å². The lowest BCUT2D eigenvalue weighted by Gasteiger charge is -2.20. The van der Waals surface area contributed by atoms with Gasteiger partial charge in [0.05, 0.1) is 26.4 Å². The maximum atomic E-state index is 12.7. The molecule has 3 N–H and O–H groups in total. The molecule has 0 aromatic rings. The molecule has 0 radical (unpaired) electrons. The quantitative estimate of drug-likeness (QED) is 0.0310. The van der Waals surface area contributed by atoms with Crippen LogP contribution in [-0.2, 0) is 27.9 Å². The van der Waals surface area contributed by atoms with Crippen molar-refractivity contribution in [2.45, 2.75) is 296 Å². The van der Waals surface area contributed by atoms with Crippen LogP contribution in [0.3, 0.4) is 0 Å². The third-order valence-electron chi connectivity index (χ3n) is 12.3. The van der Waals surface area contributed by atoms with Crippen molar-refractivity contribution in [3.05, 3.63) is 0 Å². The molecule has 372 valence electrons. The number of ether oxygens (including phenoxy) is 2. The summed E-state index contributed by atoms with van der Waals surface area (Å²) in [5, 5.41) is 18.4. The summed E-state index contributed by atoms with van der Waals surface area (Å²) in [5.41, 5.74) is 0. The standard InChI is InChI=1S/C52H105O9P/c1-3-5-7-9-11-13-15-17-19-21-23-24-25-26-28-30-32-34-36-38-40-42-44-52(55)61-51(49-60-62(56,57)59-47-50(54)46-53)48-58-45-43-41-39-37-35-33-31-29-27-22-20-18-16-14-12-10-8-6-4-2/h50-51,53-54H,3-49H2,1-2H3,(H,56,57). The van der Waals surface area contributed by atoms with Gasteiger partial charge in [0.25, 0.3) is 0 Å². The van der Waals surface area contributed by atoms with Crippen molar-refractivity contribution in [3.8, 4) is 0 Å². The van der Waals surface area contributed by atoms with Crippen LogP contribution in [0.25, 0.3) is 0 Å². The number of hydrogen-bond acceptors (Lipinski definition) is 8. The number of phosphoric acid groups is 1. The van der Waals surface area contributed by atoms with Crippen LogP contribution in [0.15, 0.2) is 0 Å². The van der Waals surface area contributed by atoms with Crippen molar-refractivity contribution in [1.82, 2.24) is 0 Å². The fourth-order valence-electron chi connectivity index (χ4n) is 8.18. The highest BCUT2D eigenvalue weighted by molar-refractivity contribution is 7.47. The lowest BCUT2D eigenvalue weighted by molar-refractivity contribution is -0.154. The molecule has 0 aromatic heterocycles. The minimum absolute atomic E-state index is 0.0589. The van der Waals surface area contributed by atoms with Crippen LogP contribution in [-0.4, -0.2) is 66.3 Å². The molecule has 0 amide bonds. The van der Waals surface area contributed by atoms with Crippen LogP contribution in [0.2, 0.25) is 0 Å². The third-order valence-corrected chi connectivity index (χ3v) is 13.2. The summed E-state index contributed by atoms with van der Waals surface area (Å²) in [6.07, 6.45) is 52.2. The zero-order valence-electron chi connectivity index (χ0n) is 41.1. The van der Waals surface area contributed by atoms with E-state index in [2.05, 4.69) is 13.8 Å². The summed E-state index contributed by atoms with van der Waals surface area (Å²) in [5.74, 6) is -0.372. The van der Waals surface area contributed by atoms with Gasteiger partial charge in [0.2, 0.25) is 0 Å². The summed E-state index contributed by atoms with van der Waals surface area (Å²) in [6, 6.07) is 0. The Labute approximate surface area is 384 Å². The van der Waals surface area contributed by atoms with Crippen LogP contribution in [0.1, 0.15) is 284 Å². The predicted octanol–water partition coefficient (Wildman–Crippen LogP) is 15.8. The second-order valence-electron chi connectivity index (χ2n) is 18.6. The minimum Gasteiger partial charge on any atom is -0.457 e. The number of hydrogen-bond donors (Lipinski definition) is 3. The molecule has 0 heterocycles. The second kappa shape index (κ2) is 49.9. The average molecular weight is 905 g/mol. The Hall–Kier alpha value is -0.540. The molecule has 0 rings (SSSR count).